The zero-order valence-electron chi connectivity index (χ0n) is 17.7. The number of rotatable bonds is 5. The van der Waals surface area contributed by atoms with Gasteiger partial charge >= 0.3 is 0 Å². The zero-order valence-corrected chi connectivity index (χ0v) is 18.5. The van der Waals surface area contributed by atoms with Crippen molar-refractivity contribution in [3.8, 4) is 11.1 Å². The summed E-state index contributed by atoms with van der Waals surface area (Å²) in [6.07, 6.45) is 0.215. The molecule has 1 N–H and O–H groups in total. The van der Waals surface area contributed by atoms with Crippen LogP contribution in [0.25, 0.3) is 22.0 Å². The van der Waals surface area contributed by atoms with Crippen LogP contribution < -0.4 is 0 Å². The van der Waals surface area contributed by atoms with Crippen LogP contribution in [0.3, 0.4) is 0 Å². The molecule has 0 saturated heterocycles. The van der Waals surface area contributed by atoms with Crippen molar-refractivity contribution in [1.82, 2.24) is 4.98 Å². The smallest absolute Gasteiger partial charge is 0.140 e. The second kappa shape index (κ2) is 8.17. The van der Waals surface area contributed by atoms with Gasteiger partial charge in [0.2, 0.25) is 0 Å². The minimum atomic E-state index is -0.657. The van der Waals surface area contributed by atoms with Gasteiger partial charge < -0.3 is 9.84 Å². The van der Waals surface area contributed by atoms with Crippen LogP contribution in [0, 0.1) is 6.92 Å². The van der Waals surface area contributed by atoms with E-state index in [0.29, 0.717) is 5.02 Å². The summed E-state index contributed by atoms with van der Waals surface area (Å²) in [6.45, 7) is 13.8. The second-order valence-electron chi connectivity index (χ2n) is 8.31. The maximum Gasteiger partial charge on any atom is 0.140 e. The molecule has 1 heterocycles. The van der Waals surface area contributed by atoms with Crippen LogP contribution in [0.5, 0.6) is 0 Å². The zero-order chi connectivity index (χ0) is 21.3. The lowest BCUT2D eigenvalue weighted by Crippen LogP contribution is -2.24. The average molecular weight is 410 g/mol. The fourth-order valence-electron chi connectivity index (χ4n) is 3.57. The van der Waals surface area contributed by atoms with E-state index in [4.69, 9.17) is 21.3 Å². The third-order valence-electron chi connectivity index (χ3n) is 4.83. The summed E-state index contributed by atoms with van der Waals surface area (Å²) >= 11 is 6.14. The Labute approximate surface area is 178 Å². The minimum absolute atomic E-state index is 0.0178. The van der Waals surface area contributed by atoms with Crippen LogP contribution in [0.2, 0.25) is 5.02 Å². The van der Waals surface area contributed by atoms with Crippen molar-refractivity contribution in [2.45, 2.75) is 52.7 Å². The first-order chi connectivity index (χ1) is 13.6. The molecule has 3 aromatic rings. The summed E-state index contributed by atoms with van der Waals surface area (Å²) in [5, 5.41) is 12.1. The van der Waals surface area contributed by atoms with Gasteiger partial charge in [-0.25, -0.2) is 0 Å². The normalized spacial score (nSPS) is 12.9. The van der Waals surface area contributed by atoms with Gasteiger partial charge in [-0.2, -0.15) is 0 Å². The van der Waals surface area contributed by atoms with E-state index in [2.05, 4.69) is 25.6 Å². The monoisotopic (exact) mass is 409 g/mol. The summed E-state index contributed by atoms with van der Waals surface area (Å²) < 4.78 is 6.25. The standard InChI is InChI=1S/C25H28ClNO2/c1-7-19-12-13-20-21(27-19)14-15(2)22(24(16(3)28)29-25(4,5)6)23(20)17-8-10-18(26)11-9-17/h8-14,24,28H,3,7H2,1-2,4-6H3/t24-/m1/s1. The van der Waals surface area contributed by atoms with Crippen molar-refractivity contribution in [1.29, 1.82) is 0 Å². The maximum absolute atomic E-state index is 10.5. The maximum atomic E-state index is 10.5. The summed E-state index contributed by atoms with van der Waals surface area (Å²) in [6, 6.07) is 13.9. The summed E-state index contributed by atoms with van der Waals surface area (Å²) in [5.74, 6) is -0.0178. The Bertz CT molecular complexity index is 1050. The SMILES string of the molecule is C=C(O)[C@@H](OC(C)(C)C)c1c(C)cc2nc(CC)ccc2c1-c1ccc(Cl)cc1. The number of aliphatic hydroxyl groups excluding tert-OH is 1. The van der Waals surface area contributed by atoms with Gasteiger partial charge in [-0.1, -0.05) is 43.3 Å². The van der Waals surface area contributed by atoms with Crippen LogP contribution in [0.1, 0.15) is 50.6 Å². The number of benzene rings is 2. The molecule has 0 aliphatic carbocycles. The molecule has 0 bridgehead atoms. The third-order valence-corrected chi connectivity index (χ3v) is 5.08. The number of fused-ring (bicyclic) bond motifs is 1. The number of aryl methyl sites for hydroxylation is 2. The second-order valence-corrected chi connectivity index (χ2v) is 8.75. The van der Waals surface area contributed by atoms with Crippen LogP contribution in [0.15, 0.2) is 54.8 Å². The molecule has 3 nitrogen and oxygen atoms in total. The van der Waals surface area contributed by atoms with Gasteiger partial charge in [0.15, 0.2) is 0 Å². The molecule has 1 atom stereocenters. The molecule has 2 aromatic carbocycles. The van der Waals surface area contributed by atoms with Crippen LogP contribution >= 0.6 is 11.6 Å². The molecule has 0 saturated carbocycles. The first-order valence-electron chi connectivity index (χ1n) is 9.85. The summed E-state index contributed by atoms with van der Waals surface area (Å²) in [4.78, 5) is 4.83. The van der Waals surface area contributed by atoms with Crippen molar-refractivity contribution in [2.24, 2.45) is 0 Å². The van der Waals surface area contributed by atoms with Gasteiger partial charge in [0.1, 0.15) is 11.9 Å². The molecular formula is C25H28ClNO2. The number of halogens is 1. The Hall–Kier alpha value is -2.36. The van der Waals surface area contributed by atoms with E-state index in [1.165, 1.54) is 0 Å². The Morgan fingerprint density at radius 1 is 1.17 bits per heavy atom. The molecule has 0 unspecified atom stereocenters. The molecule has 4 heteroatoms. The van der Waals surface area contributed by atoms with E-state index >= 15 is 0 Å². The van der Waals surface area contributed by atoms with Gasteiger partial charge in [0.05, 0.1) is 11.1 Å². The number of nitrogens with zero attached hydrogens (tertiary/aromatic N) is 1. The number of hydrogen-bond donors (Lipinski definition) is 1. The molecule has 0 fully saturated rings. The Balaban J connectivity index is 2.38. The molecule has 29 heavy (non-hydrogen) atoms. The Kier molecular flexibility index (Phi) is 6.02. The topological polar surface area (TPSA) is 42.4 Å². The predicted octanol–water partition coefficient (Wildman–Crippen LogP) is 7.35. The fraction of sp³-hybridized carbons (Fsp3) is 0.320. The van der Waals surface area contributed by atoms with E-state index in [1.807, 2.05) is 58.0 Å². The first-order valence-corrected chi connectivity index (χ1v) is 10.2. The van der Waals surface area contributed by atoms with Gasteiger partial charge in [0.25, 0.3) is 0 Å². The Morgan fingerprint density at radius 2 is 1.83 bits per heavy atom. The number of ether oxygens (including phenoxy) is 1. The van der Waals surface area contributed by atoms with E-state index < -0.39 is 11.7 Å². The lowest BCUT2D eigenvalue weighted by Gasteiger charge is -2.30. The highest BCUT2D eigenvalue weighted by Crippen LogP contribution is 2.42. The van der Waals surface area contributed by atoms with Crippen LogP contribution in [0.4, 0.5) is 0 Å². The van der Waals surface area contributed by atoms with Gasteiger partial charge in [-0.15, -0.1) is 0 Å². The van der Waals surface area contributed by atoms with Crippen molar-refractivity contribution in [3.63, 3.8) is 0 Å². The number of aromatic nitrogens is 1. The van der Waals surface area contributed by atoms with E-state index in [9.17, 15) is 5.11 Å². The van der Waals surface area contributed by atoms with Crippen LogP contribution in [-0.4, -0.2) is 15.7 Å². The highest BCUT2D eigenvalue weighted by molar-refractivity contribution is 6.30. The van der Waals surface area contributed by atoms with E-state index in [-0.39, 0.29) is 5.76 Å². The minimum Gasteiger partial charge on any atom is -0.510 e. The molecule has 3 rings (SSSR count). The number of pyridine rings is 1. The lowest BCUT2D eigenvalue weighted by atomic mass is 9.88. The molecule has 0 spiro atoms. The van der Waals surface area contributed by atoms with Crippen molar-refractivity contribution >= 4 is 22.5 Å². The van der Waals surface area contributed by atoms with E-state index in [0.717, 1.165) is 45.3 Å². The molecule has 0 amide bonds. The molecule has 0 aliphatic heterocycles. The fourth-order valence-corrected chi connectivity index (χ4v) is 3.70. The van der Waals surface area contributed by atoms with Crippen molar-refractivity contribution in [3.05, 3.63) is 76.6 Å². The predicted molar refractivity (Wildman–Crippen MR) is 122 cm³/mol. The van der Waals surface area contributed by atoms with E-state index in [1.54, 1.807) is 0 Å². The summed E-state index contributed by atoms with van der Waals surface area (Å²) in [5.41, 5.74) is 5.37. The molecule has 152 valence electrons. The van der Waals surface area contributed by atoms with Gasteiger partial charge in [0, 0.05) is 16.1 Å². The van der Waals surface area contributed by atoms with Crippen LogP contribution in [-0.2, 0) is 11.2 Å². The highest BCUT2D eigenvalue weighted by atomic mass is 35.5. The molecule has 1 aromatic heterocycles. The number of hydrogen-bond acceptors (Lipinski definition) is 3. The van der Waals surface area contributed by atoms with Crippen molar-refractivity contribution < 1.29 is 9.84 Å². The molecule has 0 aliphatic rings. The highest BCUT2D eigenvalue weighted by Gasteiger charge is 2.28. The molecular weight excluding hydrogens is 382 g/mol. The summed E-state index contributed by atoms with van der Waals surface area (Å²) in [7, 11) is 0. The largest absolute Gasteiger partial charge is 0.510 e. The quantitative estimate of drug-likeness (QED) is 0.447. The first kappa shape index (κ1) is 21.4. The Morgan fingerprint density at radius 3 is 2.38 bits per heavy atom. The lowest BCUT2D eigenvalue weighted by molar-refractivity contribution is -0.0594. The van der Waals surface area contributed by atoms with Crippen molar-refractivity contribution in [2.75, 3.05) is 0 Å². The average Bonchev–Trinajstić information content (AvgIpc) is 2.64. The molecule has 0 radical (unpaired) electrons. The van der Waals surface area contributed by atoms with Gasteiger partial charge in [-0.05, 0) is 80.6 Å². The number of aliphatic hydroxyl groups is 1. The third kappa shape index (κ3) is 4.63. The van der Waals surface area contributed by atoms with Gasteiger partial charge in [-0.3, -0.25) is 4.98 Å².